The molecular formula is C19H26N4O4. The lowest BCUT2D eigenvalue weighted by Gasteiger charge is -2.37. The maximum atomic E-state index is 12.8. The van der Waals surface area contributed by atoms with Gasteiger partial charge in [0, 0.05) is 52.1 Å². The Morgan fingerprint density at radius 1 is 0.889 bits per heavy atom. The van der Waals surface area contributed by atoms with E-state index in [1.54, 1.807) is 28.0 Å². The van der Waals surface area contributed by atoms with Crippen LogP contribution in [0.3, 0.4) is 0 Å². The average Bonchev–Trinajstić information content (AvgIpc) is 3.16. The van der Waals surface area contributed by atoms with Crippen molar-refractivity contribution in [1.29, 1.82) is 0 Å². The Hall–Kier alpha value is -2.03. The molecule has 2 amide bonds. The first-order valence-corrected chi connectivity index (χ1v) is 9.58. The summed E-state index contributed by atoms with van der Waals surface area (Å²) in [7, 11) is 2.05. The van der Waals surface area contributed by atoms with Gasteiger partial charge in [0.15, 0.2) is 5.79 Å². The molecule has 3 fully saturated rings. The van der Waals surface area contributed by atoms with E-state index in [0.717, 1.165) is 13.1 Å². The van der Waals surface area contributed by atoms with Gasteiger partial charge in [-0.1, -0.05) is 6.07 Å². The van der Waals surface area contributed by atoms with Crippen LogP contribution in [-0.2, 0) is 9.47 Å². The summed E-state index contributed by atoms with van der Waals surface area (Å²) in [5.74, 6) is -0.761. The summed E-state index contributed by atoms with van der Waals surface area (Å²) in [6, 6.07) is 5.09. The molecule has 0 aliphatic carbocycles. The number of carbonyl (C=O) groups is 2. The topological polar surface area (TPSA) is 75.2 Å². The minimum absolute atomic E-state index is 0.108. The van der Waals surface area contributed by atoms with Crippen molar-refractivity contribution in [3.05, 3.63) is 29.6 Å². The van der Waals surface area contributed by atoms with Crippen molar-refractivity contribution >= 4 is 11.8 Å². The first kappa shape index (κ1) is 18.3. The van der Waals surface area contributed by atoms with Crippen molar-refractivity contribution < 1.29 is 19.1 Å². The van der Waals surface area contributed by atoms with Crippen molar-refractivity contribution in [3.63, 3.8) is 0 Å². The minimum Gasteiger partial charge on any atom is -0.347 e. The Balaban J connectivity index is 1.41. The van der Waals surface area contributed by atoms with E-state index < -0.39 is 5.79 Å². The number of amides is 2. The summed E-state index contributed by atoms with van der Waals surface area (Å²) in [6.07, 6.45) is 1.33. The monoisotopic (exact) mass is 374 g/mol. The van der Waals surface area contributed by atoms with Crippen LogP contribution in [0, 0.1) is 0 Å². The molecule has 1 aromatic heterocycles. The van der Waals surface area contributed by atoms with Crippen LogP contribution in [0.25, 0.3) is 0 Å². The summed E-state index contributed by atoms with van der Waals surface area (Å²) >= 11 is 0. The summed E-state index contributed by atoms with van der Waals surface area (Å²) in [6.45, 7) is 5.44. The molecule has 0 saturated carbocycles. The highest BCUT2D eigenvalue weighted by Gasteiger charge is 2.41. The SMILES string of the molecule is CN1CCN(C(=O)c2cccc(C(=O)N3CCC4(CC3)OCCO4)n2)CC1. The van der Waals surface area contributed by atoms with Crippen LogP contribution < -0.4 is 0 Å². The number of likely N-dealkylation sites (tertiary alicyclic amines) is 1. The fraction of sp³-hybridized carbons (Fsp3) is 0.632. The van der Waals surface area contributed by atoms with Gasteiger partial charge in [-0.15, -0.1) is 0 Å². The second-order valence-electron chi connectivity index (χ2n) is 7.40. The number of carbonyl (C=O) groups excluding carboxylic acids is 2. The molecule has 3 aliphatic rings. The molecule has 1 aromatic rings. The number of nitrogens with zero attached hydrogens (tertiary/aromatic N) is 4. The van der Waals surface area contributed by atoms with Crippen molar-refractivity contribution in [2.24, 2.45) is 0 Å². The van der Waals surface area contributed by atoms with E-state index in [9.17, 15) is 9.59 Å². The fourth-order valence-corrected chi connectivity index (χ4v) is 3.84. The first-order chi connectivity index (χ1) is 13.1. The van der Waals surface area contributed by atoms with E-state index in [0.29, 0.717) is 63.6 Å². The van der Waals surface area contributed by atoms with Gasteiger partial charge in [0.2, 0.25) is 0 Å². The van der Waals surface area contributed by atoms with Crippen LogP contribution >= 0.6 is 0 Å². The van der Waals surface area contributed by atoms with E-state index in [1.807, 2.05) is 7.05 Å². The lowest BCUT2D eigenvalue weighted by Crippen LogP contribution is -2.48. The van der Waals surface area contributed by atoms with Crippen LogP contribution in [0.4, 0.5) is 0 Å². The molecule has 0 bridgehead atoms. The summed E-state index contributed by atoms with van der Waals surface area (Å²) in [5.41, 5.74) is 0.653. The molecule has 3 aliphatic heterocycles. The van der Waals surface area contributed by atoms with E-state index in [2.05, 4.69) is 9.88 Å². The Kier molecular flexibility index (Phi) is 5.12. The fourth-order valence-electron chi connectivity index (χ4n) is 3.84. The van der Waals surface area contributed by atoms with Crippen LogP contribution in [0.5, 0.6) is 0 Å². The molecule has 0 atom stereocenters. The number of rotatable bonds is 2. The molecule has 4 rings (SSSR count). The quantitative estimate of drug-likeness (QED) is 0.748. The molecule has 0 N–H and O–H groups in total. The highest BCUT2D eigenvalue weighted by atomic mass is 16.7. The number of hydrogen-bond acceptors (Lipinski definition) is 6. The summed E-state index contributed by atoms with van der Waals surface area (Å²) < 4.78 is 11.4. The molecule has 3 saturated heterocycles. The van der Waals surface area contributed by atoms with Crippen LogP contribution in [-0.4, -0.2) is 96.8 Å². The Morgan fingerprint density at radius 3 is 1.96 bits per heavy atom. The van der Waals surface area contributed by atoms with Crippen molar-refractivity contribution in [3.8, 4) is 0 Å². The van der Waals surface area contributed by atoms with Crippen LogP contribution in [0.15, 0.2) is 18.2 Å². The largest absolute Gasteiger partial charge is 0.347 e. The number of likely N-dealkylation sites (N-methyl/N-ethyl adjacent to an activating group) is 1. The summed E-state index contributed by atoms with van der Waals surface area (Å²) in [4.78, 5) is 35.7. The molecule has 8 nitrogen and oxygen atoms in total. The molecule has 1 spiro atoms. The normalized spacial score (nSPS) is 23.0. The van der Waals surface area contributed by atoms with Gasteiger partial charge in [-0.3, -0.25) is 9.59 Å². The molecule has 146 valence electrons. The number of hydrogen-bond donors (Lipinski definition) is 0. The zero-order valence-corrected chi connectivity index (χ0v) is 15.7. The summed E-state index contributed by atoms with van der Waals surface area (Å²) in [5, 5.41) is 0. The molecule has 27 heavy (non-hydrogen) atoms. The second-order valence-corrected chi connectivity index (χ2v) is 7.40. The van der Waals surface area contributed by atoms with Crippen LogP contribution in [0.2, 0.25) is 0 Å². The van der Waals surface area contributed by atoms with Gasteiger partial charge < -0.3 is 24.2 Å². The molecule has 8 heteroatoms. The van der Waals surface area contributed by atoms with Gasteiger partial charge in [0.25, 0.3) is 11.8 Å². The van der Waals surface area contributed by atoms with Gasteiger partial charge in [-0.2, -0.15) is 0 Å². The Labute approximate surface area is 159 Å². The zero-order chi connectivity index (χ0) is 18.9. The van der Waals surface area contributed by atoms with Gasteiger partial charge in [0.05, 0.1) is 13.2 Å². The first-order valence-electron chi connectivity index (χ1n) is 9.58. The van der Waals surface area contributed by atoms with Crippen LogP contribution in [0.1, 0.15) is 33.8 Å². The van der Waals surface area contributed by atoms with Gasteiger partial charge >= 0.3 is 0 Å². The number of piperazine rings is 1. The highest BCUT2D eigenvalue weighted by molar-refractivity contribution is 5.96. The Bertz CT molecular complexity index is 701. The predicted molar refractivity (Wildman–Crippen MR) is 97.4 cm³/mol. The zero-order valence-electron chi connectivity index (χ0n) is 15.7. The van der Waals surface area contributed by atoms with E-state index >= 15 is 0 Å². The van der Waals surface area contributed by atoms with Gasteiger partial charge in [-0.25, -0.2) is 4.98 Å². The smallest absolute Gasteiger partial charge is 0.272 e. The minimum atomic E-state index is -0.510. The lowest BCUT2D eigenvalue weighted by molar-refractivity contribution is -0.181. The van der Waals surface area contributed by atoms with E-state index in [-0.39, 0.29) is 11.8 Å². The number of pyridine rings is 1. The van der Waals surface area contributed by atoms with Crippen molar-refractivity contribution in [2.45, 2.75) is 18.6 Å². The predicted octanol–water partition coefficient (Wildman–Crippen LogP) is 0.448. The van der Waals surface area contributed by atoms with Gasteiger partial charge in [0.1, 0.15) is 11.4 Å². The van der Waals surface area contributed by atoms with Crippen molar-refractivity contribution in [2.75, 3.05) is 59.5 Å². The maximum absolute atomic E-state index is 12.8. The Morgan fingerprint density at radius 2 is 1.41 bits per heavy atom. The molecular weight excluding hydrogens is 348 g/mol. The third kappa shape index (κ3) is 3.83. The standard InChI is InChI=1S/C19H26N4O4/c1-21-9-11-23(12-10-21)18(25)16-4-2-3-15(20-16)17(24)22-7-5-19(6-8-22)26-13-14-27-19/h2-4H,5-14H2,1H3. The molecule has 0 unspecified atom stereocenters. The molecule has 4 heterocycles. The molecule has 0 radical (unpaired) electrons. The third-order valence-corrected chi connectivity index (χ3v) is 5.60. The van der Waals surface area contributed by atoms with E-state index in [4.69, 9.17) is 9.47 Å². The third-order valence-electron chi connectivity index (χ3n) is 5.60. The highest BCUT2D eigenvalue weighted by Crippen LogP contribution is 2.31. The molecule has 0 aromatic carbocycles. The maximum Gasteiger partial charge on any atom is 0.272 e. The number of aromatic nitrogens is 1. The van der Waals surface area contributed by atoms with E-state index in [1.165, 1.54) is 0 Å². The average molecular weight is 374 g/mol. The number of ether oxygens (including phenoxy) is 2. The number of piperidine rings is 1. The lowest BCUT2D eigenvalue weighted by atomic mass is 10.0. The second kappa shape index (κ2) is 7.53. The van der Waals surface area contributed by atoms with Gasteiger partial charge in [-0.05, 0) is 19.2 Å². The van der Waals surface area contributed by atoms with Crippen molar-refractivity contribution in [1.82, 2.24) is 19.7 Å².